The first-order chi connectivity index (χ1) is 8.05. The Morgan fingerprint density at radius 1 is 1.12 bits per heavy atom. The molecule has 0 radical (unpaired) electrons. The van der Waals surface area contributed by atoms with Gasteiger partial charge in [-0.05, 0) is 30.5 Å². The number of benzene rings is 1. The molecule has 0 amide bonds. The Balaban J connectivity index is 2.42. The maximum Gasteiger partial charge on any atom is 0.133 e. The molecule has 17 heavy (non-hydrogen) atoms. The van der Waals surface area contributed by atoms with Crippen LogP contribution in [0.2, 0.25) is 0 Å². The number of carbonyl (C=O) groups excluding carboxylic acids is 1. The summed E-state index contributed by atoms with van der Waals surface area (Å²) < 4.78 is 26.3. The molecule has 0 aromatic heterocycles. The molecule has 1 aromatic rings. The van der Waals surface area contributed by atoms with Gasteiger partial charge >= 0.3 is 0 Å². The van der Waals surface area contributed by atoms with Gasteiger partial charge in [0.15, 0.2) is 0 Å². The van der Waals surface area contributed by atoms with Gasteiger partial charge in [-0.25, -0.2) is 8.78 Å². The molecule has 0 aliphatic heterocycles. The highest BCUT2D eigenvalue weighted by molar-refractivity contribution is 5.80. The Hall–Kier alpha value is -1.76. The molecule has 4 heteroatoms. The van der Waals surface area contributed by atoms with Crippen molar-refractivity contribution in [2.45, 2.75) is 31.1 Å². The van der Waals surface area contributed by atoms with E-state index in [-0.39, 0.29) is 5.78 Å². The first-order valence-corrected chi connectivity index (χ1v) is 5.45. The minimum Gasteiger partial charge on any atom is -0.300 e. The number of hydrogen-bond donors (Lipinski definition) is 0. The zero-order valence-electron chi connectivity index (χ0n) is 9.17. The summed E-state index contributed by atoms with van der Waals surface area (Å²) in [7, 11) is 0. The molecule has 1 fully saturated rings. The van der Waals surface area contributed by atoms with E-state index in [0.29, 0.717) is 31.2 Å². The van der Waals surface area contributed by atoms with E-state index >= 15 is 0 Å². The Bertz CT molecular complexity index is 474. The quantitative estimate of drug-likeness (QED) is 0.751. The highest BCUT2D eigenvalue weighted by atomic mass is 19.1. The topological polar surface area (TPSA) is 40.9 Å². The first-order valence-electron chi connectivity index (χ1n) is 5.45. The fourth-order valence-electron chi connectivity index (χ4n) is 2.25. The maximum absolute atomic E-state index is 13.1. The summed E-state index contributed by atoms with van der Waals surface area (Å²) in [5, 5.41) is 9.26. The van der Waals surface area contributed by atoms with Crippen molar-refractivity contribution >= 4 is 5.78 Å². The van der Waals surface area contributed by atoms with Gasteiger partial charge in [0.05, 0.1) is 11.5 Å². The number of halogens is 2. The molecule has 0 bridgehead atoms. The van der Waals surface area contributed by atoms with Gasteiger partial charge in [-0.1, -0.05) is 0 Å². The van der Waals surface area contributed by atoms with E-state index in [1.807, 2.05) is 0 Å². The Labute approximate surface area is 97.9 Å². The summed E-state index contributed by atoms with van der Waals surface area (Å²) in [4.78, 5) is 11.2. The van der Waals surface area contributed by atoms with Crippen molar-refractivity contribution in [1.29, 1.82) is 5.26 Å². The van der Waals surface area contributed by atoms with Crippen LogP contribution in [0.3, 0.4) is 0 Å². The third-order valence-electron chi connectivity index (χ3n) is 3.29. The summed E-state index contributed by atoms with van der Waals surface area (Å²) in [6.07, 6.45) is 1.27. The van der Waals surface area contributed by atoms with Crippen molar-refractivity contribution in [3.8, 4) is 6.07 Å². The van der Waals surface area contributed by atoms with Crippen LogP contribution < -0.4 is 0 Å². The van der Waals surface area contributed by atoms with Gasteiger partial charge in [-0.2, -0.15) is 5.26 Å². The lowest BCUT2D eigenvalue weighted by Gasteiger charge is -2.30. The molecule has 0 unspecified atom stereocenters. The lowest BCUT2D eigenvalue weighted by Crippen LogP contribution is -2.30. The van der Waals surface area contributed by atoms with Gasteiger partial charge < -0.3 is 0 Å². The van der Waals surface area contributed by atoms with E-state index in [1.54, 1.807) is 0 Å². The number of ketones is 1. The monoisotopic (exact) mass is 235 g/mol. The number of hydrogen-bond acceptors (Lipinski definition) is 2. The number of carbonyl (C=O) groups is 1. The SMILES string of the molecule is N#CC1(c2cc(F)cc(F)c2)CCC(=O)CC1. The van der Waals surface area contributed by atoms with Crippen molar-refractivity contribution < 1.29 is 13.6 Å². The van der Waals surface area contributed by atoms with Crippen LogP contribution in [-0.4, -0.2) is 5.78 Å². The summed E-state index contributed by atoms with van der Waals surface area (Å²) >= 11 is 0. The lowest BCUT2D eigenvalue weighted by atomic mass is 9.70. The maximum atomic E-state index is 13.1. The number of Topliss-reactive ketones (excluding diaryl/α,β-unsaturated/α-hetero) is 1. The van der Waals surface area contributed by atoms with Crippen molar-refractivity contribution in [2.24, 2.45) is 0 Å². The van der Waals surface area contributed by atoms with Crippen molar-refractivity contribution in [1.82, 2.24) is 0 Å². The van der Waals surface area contributed by atoms with Gasteiger partial charge in [0.2, 0.25) is 0 Å². The van der Waals surface area contributed by atoms with E-state index in [0.717, 1.165) is 6.07 Å². The van der Waals surface area contributed by atoms with Crippen LogP contribution in [0.25, 0.3) is 0 Å². The van der Waals surface area contributed by atoms with Crippen LogP contribution in [-0.2, 0) is 10.2 Å². The predicted octanol–water partition coefficient (Wildman–Crippen LogP) is 2.87. The molecule has 2 rings (SSSR count). The van der Waals surface area contributed by atoms with E-state index in [1.165, 1.54) is 12.1 Å². The molecule has 0 atom stereocenters. The minimum atomic E-state index is -0.920. The van der Waals surface area contributed by atoms with E-state index in [4.69, 9.17) is 0 Å². The van der Waals surface area contributed by atoms with Crippen molar-refractivity contribution in [3.63, 3.8) is 0 Å². The van der Waals surface area contributed by atoms with Gasteiger partial charge in [0, 0.05) is 18.9 Å². The standard InChI is InChI=1S/C13H11F2NO/c14-10-5-9(6-11(15)7-10)13(8-16)3-1-12(17)2-4-13/h5-7H,1-4H2. The Kier molecular flexibility index (Phi) is 2.93. The largest absolute Gasteiger partial charge is 0.300 e. The predicted molar refractivity (Wildman–Crippen MR) is 57.1 cm³/mol. The number of nitriles is 1. The van der Waals surface area contributed by atoms with Crippen LogP contribution >= 0.6 is 0 Å². The molecule has 1 aliphatic rings. The average molecular weight is 235 g/mol. The third-order valence-corrected chi connectivity index (χ3v) is 3.29. The van der Waals surface area contributed by atoms with Gasteiger partial charge in [-0.15, -0.1) is 0 Å². The van der Waals surface area contributed by atoms with Crippen molar-refractivity contribution in [3.05, 3.63) is 35.4 Å². The fourth-order valence-corrected chi connectivity index (χ4v) is 2.25. The fraction of sp³-hybridized carbons (Fsp3) is 0.385. The summed E-state index contributed by atoms with van der Waals surface area (Å²) in [6, 6.07) is 5.27. The minimum absolute atomic E-state index is 0.104. The first kappa shape index (κ1) is 11.7. The smallest absolute Gasteiger partial charge is 0.133 e. The van der Waals surface area contributed by atoms with Gasteiger partial charge in [0.1, 0.15) is 17.4 Å². The molecule has 1 aromatic carbocycles. The Morgan fingerprint density at radius 2 is 1.65 bits per heavy atom. The van der Waals surface area contributed by atoms with Gasteiger partial charge in [-0.3, -0.25) is 4.79 Å². The molecule has 0 spiro atoms. The average Bonchev–Trinajstić information content (AvgIpc) is 2.29. The molecule has 2 nitrogen and oxygen atoms in total. The molecule has 0 saturated heterocycles. The molecule has 88 valence electrons. The molecule has 1 saturated carbocycles. The molecular formula is C13H11F2NO. The summed E-state index contributed by atoms with van der Waals surface area (Å²) in [5.74, 6) is -1.27. The third kappa shape index (κ3) is 2.19. The van der Waals surface area contributed by atoms with Crippen LogP contribution in [0.5, 0.6) is 0 Å². The summed E-state index contributed by atoms with van der Waals surface area (Å²) in [5.41, 5.74) is -0.582. The molecule has 0 heterocycles. The second-order valence-electron chi connectivity index (χ2n) is 4.39. The second-order valence-corrected chi connectivity index (χ2v) is 4.39. The van der Waals surface area contributed by atoms with E-state index in [9.17, 15) is 18.8 Å². The highest BCUT2D eigenvalue weighted by Gasteiger charge is 2.37. The second kappa shape index (κ2) is 4.25. The summed E-state index contributed by atoms with van der Waals surface area (Å²) in [6.45, 7) is 0. The Morgan fingerprint density at radius 3 is 2.12 bits per heavy atom. The van der Waals surface area contributed by atoms with Crippen LogP contribution in [0.4, 0.5) is 8.78 Å². The normalized spacial score (nSPS) is 18.8. The van der Waals surface area contributed by atoms with Gasteiger partial charge in [0.25, 0.3) is 0 Å². The zero-order chi connectivity index (χ0) is 12.5. The van der Waals surface area contributed by atoms with Crippen LogP contribution in [0, 0.1) is 23.0 Å². The number of nitrogens with zero attached hydrogens (tertiary/aromatic N) is 1. The molecular weight excluding hydrogens is 224 g/mol. The number of rotatable bonds is 1. The van der Waals surface area contributed by atoms with Crippen LogP contribution in [0.1, 0.15) is 31.2 Å². The van der Waals surface area contributed by atoms with E-state index < -0.39 is 17.0 Å². The van der Waals surface area contributed by atoms with Crippen molar-refractivity contribution in [2.75, 3.05) is 0 Å². The molecule has 0 N–H and O–H groups in total. The van der Waals surface area contributed by atoms with Crippen LogP contribution in [0.15, 0.2) is 18.2 Å². The molecule has 1 aliphatic carbocycles. The van der Waals surface area contributed by atoms with E-state index in [2.05, 4.69) is 6.07 Å². The lowest BCUT2D eigenvalue weighted by molar-refractivity contribution is -0.120. The highest BCUT2D eigenvalue weighted by Crippen LogP contribution is 2.38. The zero-order valence-corrected chi connectivity index (χ0v) is 9.17.